The third-order valence-electron chi connectivity index (χ3n) is 4.47. The molecule has 0 aliphatic rings. The molecule has 25 heavy (non-hydrogen) atoms. The van der Waals surface area contributed by atoms with E-state index in [0.717, 1.165) is 27.3 Å². The van der Waals surface area contributed by atoms with E-state index in [2.05, 4.69) is 18.3 Å². The van der Waals surface area contributed by atoms with Gasteiger partial charge in [-0.1, -0.05) is 30.3 Å². The van der Waals surface area contributed by atoms with Crippen molar-refractivity contribution in [1.29, 1.82) is 0 Å². The van der Waals surface area contributed by atoms with Crippen molar-refractivity contribution in [2.75, 3.05) is 18.9 Å². The lowest BCUT2D eigenvalue weighted by atomic mass is 10.1. The second kappa shape index (κ2) is 7.33. The first-order valence-electron chi connectivity index (χ1n) is 8.37. The van der Waals surface area contributed by atoms with Crippen molar-refractivity contribution in [2.45, 2.75) is 26.8 Å². The zero-order chi connectivity index (χ0) is 18.0. The van der Waals surface area contributed by atoms with Crippen molar-refractivity contribution in [3.63, 3.8) is 0 Å². The van der Waals surface area contributed by atoms with Crippen LogP contribution in [0.3, 0.4) is 0 Å². The predicted octanol–water partition coefficient (Wildman–Crippen LogP) is 4.54. The molecule has 3 aromatic rings. The van der Waals surface area contributed by atoms with E-state index in [0.29, 0.717) is 6.54 Å². The summed E-state index contributed by atoms with van der Waals surface area (Å²) in [7, 11) is 1.96. The summed E-state index contributed by atoms with van der Waals surface area (Å²) in [5, 5.41) is 4.08. The Kier molecular flexibility index (Phi) is 5.16. The molecule has 0 saturated heterocycles. The molecule has 0 radical (unpaired) electrons. The van der Waals surface area contributed by atoms with Gasteiger partial charge < -0.3 is 5.32 Å². The highest BCUT2D eigenvalue weighted by molar-refractivity contribution is 7.18. The highest BCUT2D eigenvalue weighted by Gasteiger charge is 2.19. The van der Waals surface area contributed by atoms with Crippen LogP contribution in [0.5, 0.6) is 0 Å². The highest BCUT2D eigenvalue weighted by atomic mass is 32.1. The van der Waals surface area contributed by atoms with Crippen molar-refractivity contribution in [3.05, 3.63) is 58.6 Å². The summed E-state index contributed by atoms with van der Waals surface area (Å²) in [5.41, 5.74) is 4.08. The summed E-state index contributed by atoms with van der Waals surface area (Å²) >= 11 is 1.69. The molecule has 1 heterocycles. The Morgan fingerprint density at radius 1 is 1.16 bits per heavy atom. The van der Waals surface area contributed by atoms with Gasteiger partial charge >= 0.3 is 0 Å². The number of amides is 1. The number of thiazole rings is 1. The van der Waals surface area contributed by atoms with E-state index in [1.54, 1.807) is 11.3 Å². The minimum absolute atomic E-state index is 0.00661. The molecule has 5 heteroatoms. The molecule has 0 spiro atoms. The Morgan fingerprint density at radius 3 is 2.52 bits per heavy atom. The summed E-state index contributed by atoms with van der Waals surface area (Å²) < 4.78 is 1.18. The van der Waals surface area contributed by atoms with Gasteiger partial charge in [0.15, 0.2) is 0 Å². The van der Waals surface area contributed by atoms with E-state index in [1.807, 2.05) is 62.2 Å². The molecule has 1 amide bonds. The SMILES string of the molecule is Cc1cccc(C)c1NC(=O)CN(C)[C@@H](C)c1nc2ccccc2s1. The molecule has 4 nitrogen and oxygen atoms in total. The van der Waals surface area contributed by atoms with Crippen LogP contribution in [0.4, 0.5) is 5.69 Å². The molecule has 0 saturated carbocycles. The number of benzene rings is 2. The molecule has 2 aromatic carbocycles. The van der Waals surface area contributed by atoms with Gasteiger partial charge in [-0.15, -0.1) is 11.3 Å². The van der Waals surface area contributed by atoms with Crippen molar-refractivity contribution >= 4 is 33.1 Å². The average Bonchev–Trinajstić information content (AvgIpc) is 3.01. The van der Waals surface area contributed by atoms with Gasteiger partial charge in [0.25, 0.3) is 0 Å². The van der Waals surface area contributed by atoms with Gasteiger partial charge in [-0.3, -0.25) is 9.69 Å². The first-order valence-corrected chi connectivity index (χ1v) is 9.19. The first kappa shape index (κ1) is 17.6. The molecule has 0 aliphatic carbocycles. The highest BCUT2D eigenvalue weighted by Crippen LogP contribution is 2.28. The molecule has 0 fully saturated rings. The summed E-state index contributed by atoms with van der Waals surface area (Å²) in [4.78, 5) is 19.2. The van der Waals surface area contributed by atoms with Crippen LogP contribution >= 0.6 is 11.3 Å². The molecule has 0 bridgehead atoms. The number of anilines is 1. The maximum atomic E-state index is 12.5. The molecule has 1 N–H and O–H groups in total. The van der Waals surface area contributed by atoms with Crippen molar-refractivity contribution in [1.82, 2.24) is 9.88 Å². The lowest BCUT2D eigenvalue weighted by Crippen LogP contribution is -2.32. The number of nitrogens with one attached hydrogen (secondary N) is 1. The van der Waals surface area contributed by atoms with E-state index in [9.17, 15) is 4.79 Å². The standard InChI is InChI=1S/C20H23N3OS/c1-13-8-7-9-14(2)19(13)22-18(24)12-23(4)15(3)20-21-16-10-5-6-11-17(16)25-20/h5-11,15H,12H2,1-4H3,(H,22,24)/t15-/m0/s1. The topological polar surface area (TPSA) is 45.2 Å². The van der Waals surface area contributed by atoms with E-state index < -0.39 is 0 Å². The number of carbonyl (C=O) groups is 1. The Balaban J connectivity index is 1.68. The second-order valence-electron chi connectivity index (χ2n) is 6.43. The number of carbonyl (C=O) groups excluding carboxylic acids is 1. The van der Waals surface area contributed by atoms with Crippen LogP contribution in [0.1, 0.15) is 29.1 Å². The first-order chi connectivity index (χ1) is 12.0. The fraction of sp³-hybridized carbons (Fsp3) is 0.300. The zero-order valence-electron chi connectivity index (χ0n) is 15.0. The van der Waals surface area contributed by atoms with Gasteiger partial charge in [0.1, 0.15) is 5.01 Å². The Labute approximate surface area is 152 Å². The predicted molar refractivity (Wildman–Crippen MR) is 105 cm³/mol. The van der Waals surface area contributed by atoms with E-state index >= 15 is 0 Å². The van der Waals surface area contributed by atoms with Crippen LogP contribution in [0.15, 0.2) is 42.5 Å². The quantitative estimate of drug-likeness (QED) is 0.732. The monoisotopic (exact) mass is 353 g/mol. The number of hydrogen-bond donors (Lipinski definition) is 1. The second-order valence-corrected chi connectivity index (χ2v) is 7.49. The molecular weight excluding hydrogens is 330 g/mol. The lowest BCUT2D eigenvalue weighted by molar-refractivity contribution is -0.117. The molecule has 130 valence electrons. The number of likely N-dealkylation sites (N-methyl/N-ethyl adjacent to an activating group) is 1. The zero-order valence-corrected chi connectivity index (χ0v) is 15.9. The fourth-order valence-electron chi connectivity index (χ4n) is 2.81. The van der Waals surface area contributed by atoms with Gasteiger partial charge in [-0.2, -0.15) is 0 Å². The van der Waals surface area contributed by atoms with Crippen LogP contribution in [0.2, 0.25) is 0 Å². The Hall–Kier alpha value is -2.24. The van der Waals surface area contributed by atoms with Gasteiger partial charge in [0, 0.05) is 5.69 Å². The number of para-hydroxylation sites is 2. The number of aromatic nitrogens is 1. The number of aryl methyl sites for hydroxylation is 2. The number of rotatable bonds is 5. The smallest absolute Gasteiger partial charge is 0.238 e. The number of hydrogen-bond acceptors (Lipinski definition) is 4. The van der Waals surface area contributed by atoms with Gasteiger partial charge in [-0.05, 0) is 51.1 Å². The van der Waals surface area contributed by atoms with E-state index in [1.165, 1.54) is 4.70 Å². The summed E-state index contributed by atoms with van der Waals surface area (Å²) in [5.74, 6) is -0.00661. The minimum atomic E-state index is -0.00661. The van der Waals surface area contributed by atoms with Gasteiger partial charge in [0.2, 0.25) is 5.91 Å². The third kappa shape index (κ3) is 3.89. The van der Waals surface area contributed by atoms with Gasteiger partial charge in [-0.25, -0.2) is 4.98 Å². The maximum absolute atomic E-state index is 12.5. The fourth-order valence-corrected chi connectivity index (χ4v) is 3.90. The maximum Gasteiger partial charge on any atom is 0.238 e. The van der Waals surface area contributed by atoms with Crippen LogP contribution in [-0.4, -0.2) is 29.4 Å². The average molecular weight is 353 g/mol. The van der Waals surface area contributed by atoms with Crippen LogP contribution in [-0.2, 0) is 4.79 Å². The molecule has 1 aromatic heterocycles. The largest absolute Gasteiger partial charge is 0.324 e. The number of nitrogens with zero attached hydrogens (tertiary/aromatic N) is 2. The summed E-state index contributed by atoms with van der Waals surface area (Å²) in [6.45, 7) is 6.43. The van der Waals surface area contributed by atoms with E-state index in [-0.39, 0.29) is 11.9 Å². The van der Waals surface area contributed by atoms with Crippen LogP contribution < -0.4 is 5.32 Å². The van der Waals surface area contributed by atoms with Crippen LogP contribution in [0, 0.1) is 13.8 Å². The normalized spacial score (nSPS) is 12.5. The Bertz CT molecular complexity index is 850. The van der Waals surface area contributed by atoms with Crippen LogP contribution in [0.25, 0.3) is 10.2 Å². The van der Waals surface area contributed by atoms with Crippen molar-refractivity contribution in [2.24, 2.45) is 0 Å². The summed E-state index contributed by atoms with van der Waals surface area (Å²) in [6.07, 6.45) is 0. The molecule has 1 atom stereocenters. The van der Waals surface area contributed by atoms with E-state index in [4.69, 9.17) is 4.98 Å². The van der Waals surface area contributed by atoms with Crippen molar-refractivity contribution < 1.29 is 4.79 Å². The molecular formula is C20H23N3OS. The Morgan fingerprint density at radius 2 is 1.84 bits per heavy atom. The molecule has 3 rings (SSSR count). The molecule has 0 unspecified atom stereocenters. The van der Waals surface area contributed by atoms with Gasteiger partial charge in [0.05, 0.1) is 22.8 Å². The lowest BCUT2D eigenvalue weighted by Gasteiger charge is -2.22. The minimum Gasteiger partial charge on any atom is -0.324 e. The van der Waals surface area contributed by atoms with Crippen molar-refractivity contribution in [3.8, 4) is 0 Å². The summed E-state index contributed by atoms with van der Waals surface area (Å²) in [6, 6.07) is 14.2. The number of fused-ring (bicyclic) bond motifs is 1. The molecule has 0 aliphatic heterocycles. The third-order valence-corrected chi connectivity index (χ3v) is 5.67.